The van der Waals surface area contributed by atoms with Crippen molar-refractivity contribution in [2.24, 2.45) is 0 Å². The molecule has 1 rings (SSSR count). The van der Waals surface area contributed by atoms with Crippen LogP contribution in [0.3, 0.4) is 0 Å². The number of hydrogen-bond acceptors (Lipinski definition) is 1. The van der Waals surface area contributed by atoms with Gasteiger partial charge in [0.1, 0.15) is 0 Å². The van der Waals surface area contributed by atoms with Gasteiger partial charge in [-0.2, -0.15) is 0 Å². The van der Waals surface area contributed by atoms with E-state index in [-0.39, 0.29) is 0 Å². The number of hydrogen-bond donors (Lipinski definition) is 1. The molecule has 0 fully saturated rings. The molecule has 0 aliphatic heterocycles. The summed E-state index contributed by atoms with van der Waals surface area (Å²) in [4.78, 5) is 0. The quantitative estimate of drug-likeness (QED) is 0.867. The van der Waals surface area contributed by atoms with Crippen molar-refractivity contribution in [2.75, 3.05) is 6.54 Å². The van der Waals surface area contributed by atoms with E-state index < -0.39 is 0 Å². The molecule has 0 radical (unpaired) electrons. The fourth-order valence-corrected chi connectivity index (χ4v) is 1.67. The molecule has 0 heterocycles. The summed E-state index contributed by atoms with van der Waals surface area (Å²) in [5.41, 5.74) is 1.23. The predicted molar refractivity (Wildman–Crippen MR) is 66.3 cm³/mol. The second-order valence-electron chi connectivity index (χ2n) is 3.26. The maximum absolute atomic E-state index is 3.45. The first-order valence-corrected chi connectivity index (χ1v) is 5.69. The van der Waals surface area contributed by atoms with Gasteiger partial charge in [0.15, 0.2) is 0 Å². The van der Waals surface area contributed by atoms with E-state index in [9.17, 15) is 0 Å². The van der Waals surface area contributed by atoms with E-state index in [0.29, 0.717) is 6.04 Å². The molecule has 2 heteroatoms. The molecular formula is C12H16BrN. The molecule has 0 aliphatic carbocycles. The Kier molecular flexibility index (Phi) is 4.91. The van der Waals surface area contributed by atoms with E-state index >= 15 is 0 Å². The van der Waals surface area contributed by atoms with Crippen molar-refractivity contribution in [3.63, 3.8) is 0 Å². The zero-order valence-electron chi connectivity index (χ0n) is 8.63. The van der Waals surface area contributed by atoms with Crippen molar-refractivity contribution in [3.8, 4) is 0 Å². The lowest BCUT2D eigenvalue weighted by atomic mass is 10.2. The minimum absolute atomic E-state index is 0.430. The molecule has 0 spiro atoms. The van der Waals surface area contributed by atoms with Crippen molar-refractivity contribution in [2.45, 2.75) is 19.9 Å². The SMILES string of the molecule is CCNC(C)/C=C/c1cccc(Br)c1. The molecule has 1 nitrogen and oxygen atoms in total. The fourth-order valence-electron chi connectivity index (χ4n) is 1.26. The normalized spacial score (nSPS) is 13.4. The van der Waals surface area contributed by atoms with Crippen LogP contribution in [0.5, 0.6) is 0 Å². The fraction of sp³-hybridized carbons (Fsp3) is 0.333. The van der Waals surface area contributed by atoms with Gasteiger partial charge in [0.2, 0.25) is 0 Å². The molecule has 0 saturated carbocycles. The molecule has 1 unspecified atom stereocenters. The summed E-state index contributed by atoms with van der Waals surface area (Å²) in [6.45, 7) is 5.27. The van der Waals surface area contributed by atoms with Gasteiger partial charge >= 0.3 is 0 Å². The van der Waals surface area contributed by atoms with Crippen LogP contribution >= 0.6 is 15.9 Å². The highest BCUT2D eigenvalue weighted by Gasteiger charge is 1.92. The van der Waals surface area contributed by atoms with E-state index in [4.69, 9.17) is 0 Å². The van der Waals surface area contributed by atoms with Gasteiger partial charge in [0, 0.05) is 10.5 Å². The van der Waals surface area contributed by atoms with E-state index in [1.54, 1.807) is 0 Å². The Morgan fingerprint density at radius 2 is 2.29 bits per heavy atom. The van der Waals surface area contributed by atoms with Crippen molar-refractivity contribution in [3.05, 3.63) is 40.4 Å². The number of benzene rings is 1. The van der Waals surface area contributed by atoms with Crippen LogP contribution in [0, 0.1) is 0 Å². The summed E-state index contributed by atoms with van der Waals surface area (Å²) >= 11 is 3.45. The second-order valence-corrected chi connectivity index (χ2v) is 4.18. The van der Waals surface area contributed by atoms with Gasteiger partial charge in [-0.1, -0.05) is 47.1 Å². The van der Waals surface area contributed by atoms with Gasteiger partial charge in [0.05, 0.1) is 0 Å². The highest BCUT2D eigenvalue weighted by atomic mass is 79.9. The van der Waals surface area contributed by atoms with Gasteiger partial charge in [-0.3, -0.25) is 0 Å². The van der Waals surface area contributed by atoms with Crippen LogP contribution in [-0.2, 0) is 0 Å². The summed E-state index contributed by atoms with van der Waals surface area (Å²) in [6, 6.07) is 8.71. The second kappa shape index (κ2) is 5.99. The lowest BCUT2D eigenvalue weighted by Crippen LogP contribution is -2.22. The largest absolute Gasteiger partial charge is 0.311 e. The first kappa shape index (κ1) is 11.5. The molecule has 1 aromatic rings. The lowest BCUT2D eigenvalue weighted by molar-refractivity contribution is 0.663. The van der Waals surface area contributed by atoms with Gasteiger partial charge in [-0.25, -0.2) is 0 Å². The first-order chi connectivity index (χ1) is 6.72. The third-order valence-electron chi connectivity index (χ3n) is 1.95. The minimum Gasteiger partial charge on any atom is -0.311 e. The van der Waals surface area contributed by atoms with Gasteiger partial charge in [-0.15, -0.1) is 0 Å². The monoisotopic (exact) mass is 253 g/mol. The average Bonchev–Trinajstić information content (AvgIpc) is 2.15. The van der Waals surface area contributed by atoms with E-state index in [2.05, 4.69) is 59.4 Å². The summed E-state index contributed by atoms with van der Waals surface area (Å²) in [6.07, 6.45) is 4.31. The summed E-state index contributed by atoms with van der Waals surface area (Å²) < 4.78 is 1.12. The molecule has 0 bridgehead atoms. The smallest absolute Gasteiger partial charge is 0.0224 e. The van der Waals surface area contributed by atoms with Crippen LogP contribution in [-0.4, -0.2) is 12.6 Å². The van der Waals surface area contributed by atoms with Crippen LogP contribution in [0.2, 0.25) is 0 Å². The maximum atomic E-state index is 3.45. The zero-order chi connectivity index (χ0) is 10.4. The summed E-state index contributed by atoms with van der Waals surface area (Å²) in [5, 5.41) is 3.33. The number of rotatable bonds is 4. The van der Waals surface area contributed by atoms with Crippen LogP contribution in [0.4, 0.5) is 0 Å². The van der Waals surface area contributed by atoms with Crippen LogP contribution < -0.4 is 5.32 Å². The highest BCUT2D eigenvalue weighted by Crippen LogP contribution is 2.12. The number of halogens is 1. The van der Waals surface area contributed by atoms with Crippen LogP contribution in [0.25, 0.3) is 6.08 Å². The molecule has 0 aromatic heterocycles. The first-order valence-electron chi connectivity index (χ1n) is 4.89. The molecular weight excluding hydrogens is 238 g/mol. The van der Waals surface area contributed by atoms with E-state index in [1.165, 1.54) is 5.56 Å². The standard InChI is InChI=1S/C12H16BrN/c1-3-14-10(2)7-8-11-5-4-6-12(13)9-11/h4-10,14H,3H2,1-2H3/b8-7+. The molecule has 76 valence electrons. The highest BCUT2D eigenvalue weighted by molar-refractivity contribution is 9.10. The Morgan fingerprint density at radius 1 is 1.50 bits per heavy atom. The molecule has 1 atom stereocenters. The van der Waals surface area contributed by atoms with Crippen molar-refractivity contribution in [1.29, 1.82) is 0 Å². The minimum atomic E-state index is 0.430. The van der Waals surface area contributed by atoms with E-state index in [1.807, 2.05) is 12.1 Å². The van der Waals surface area contributed by atoms with Crippen molar-refractivity contribution < 1.29 is 0 Å². The third kappa shape index (κ3) is 4.07. The molecule has 1 aromatic carbocycles. The summed E-state index contributed by atoms with van der Waals surface area (Å²) in [5.74, 6) is 0. The predicted octanol–water partition coefficient (Wildman–Crippen LogP) is 3.46. The number of nitrogens with one attached hydrogen (secondary N) is 1. The molecule has 1 N–H and O–H groups in total. The van der Waals surface area contributed by atoms with E-state index in [0.717, 1.165) is 11.0 Å². The third-order valence-corrected chi connectivity index (χ3v) is 2.45. The average molecular weight is 254 g/mol. The Labute approximate surface area is 94.3 Å². The van der Waals surface area contributed by atoms with Gasteiger partial charge in [0.25, 0.3) is 0 Å². The lowest BCUT2D eigenvalue weighted by Gasteiger charge is -2.05. The van der Waals surface area contributed by atoms with Crippen molar-refractivity contribution >= 4 is 22.0 Å². The molecule has 14 heavy (non-hydrogen) atoms. The van der Waals surface area contributed by atoms with Gasteiger partial charge < -0.3 is 5.32 Å². The molecule has 0 amide bonds. The van der Waals surface area contributed by atoms with Crippen LogP contribution in [0.1, 0.15) is 19.4 Å². The Bertz CT molecular complexity index is 307. The summed E-state index contributed by atoms with van der Waals surface area (Å²) in [7, 11) is 0. The Morgan fingerprint density at radius 3 is 2.93 bits per heavy atom. The molecule has 0 saturated heterocycles. The maximum Gasteiger partial charge on any atom is 0.0224 e. The van der Waals surface area contributed by atoms with Gasteiger partial charge in [-0.05, 0) is 31.2 Å². The Balaban J connectivity index is 2.59. The van der Waals surface area contributed by atoms with Crippen molar-refractivity contribution in [1.82, 2.24) is 5.32 Å². The zero-order valence-corrected chi connectivity index (χ0v) is 10.2. The molecule has 0 aliphatic rings. The van der Waals surface area contributed by atoms with Crippen LogP contribution in [0.15, 0.2) is 34.8 Å². The Hall–Kier alpha value is -0.600. The topological polar surface area (TPSA) is 12.0 Å². The number of likely N-dealkylation sites (N-methyl/N-ethyl adjacent to an activating group) is 1.